The van der Waals surface area contributed by atoms with E-state index in [1.54, 1.807) is 0 Å². The summed E-state index contributed by atoms with van der Waals surface area (Å²) in [7, 11) is 0. The first kappa shape index (κ1) is 12.8. The second-order valence-electron chi connectivity index (χ2n) is 5.18. The Hall–Kier alpha value is -0.650. The zero-order valence-electron chi connectivity index (χ0n) is 10.3. The van der Waals surface area contributed by atoms with Crippen LogP contribution in [0, 0.1) is 0 Å². The van der Waals surface area contributed by atoms with Gasteiger partial charge in [0.2, 0.25) is 0 Å². The number of esters is 1. The van der Waals surface area contributed by atoms with E-state index in [-0.39, 0.29) is 30.9 Å². The molecule has 0 aromatic carbocycles. The van der Waals surface area contributed by atoms with Gasteiger partial charge in [-0.1, -0.05) is 0 Å². The second-order valence-corrected chi connectivity index (χ2v) is 5.18. The van der Waals surface area contributed by atoms with Crippen molar-refractivity contribution < 1.29 is 24.1 Å². The number of hydrogen-bond donors (Lipinski definition) is 1. The van der Waals surface area contributed by atoms with Crippen molar-refractivity contribution in [2.45, 2.75) is 63.6 Å². The topological polar surface area (TPSA) is 65.0 Å². The van der Waals surface area contributed by atoms with Gasteiger partial charge in [0.05, 0.1) is 18.8 Å². The molecule has 0 saturated carbocycles. The molecule has 5 heteroatoms. The summed E-state index contributed by atoms with van der Waals surface area (Å²) in [5, 5.41) is 9.18. The van der Waals surface area contributed by atoms with Crippen LogP contribution in [-0.4, -0.2) is 41.8 Å². The fourth-order valence-corrected chi connectivity index (χ4v) is 2.52. The van der Waals surface area contributed by atoms with Crippen LogP contribution >= 0.6 is 0 Å². The molecule has 2 heterocycles. The van der Waals surface area contributed by atoms with Crippen molar-refractivity contribution in [1.82, 2.24) is 0 Å². The zero-order valence-corrected chi connectivity index (χ0v) is 10.3. The van der Waals surface area contributed by atoms with Crippen LogP contribution in [0.15, 0.2) is 0 Å². The minimum Gasteiger partial charge on any atom is -0.462 e. The maximum Gasteiger partial charge on any atom is 0.306 e. The number of aliphatic hydroxyl groups excluding tert-OH is 1. The summed E-state index contributed by atoms with van der Waals surface area (Å²) in [4.78, 5) is 11.0. The Kier molecular flexibility index (Phi) is 3.70. The van der Waals surface area contributed by atoms with Crippen LogP contribution in [0.25, 0.3) is 0 Å². The van der Waals surface area contributed by atoms with Crippen molar-refractivity contribution in [2.24, 2.45) is 0 Å². The largest absolute Gasteiger partial charge is 0.462 e. The molecule has 98 valence electrons. The molecule has 2 rings (SSSR count). The quantitative estimate of drug-likeness (QED) is 0.750. The Morgan fingerprint density at radius 1 is 1.29 bits per heavy atom. The van der Waals surface area contributed by atoms with E-state index >= 15 is 0 Å². The molecule has 17 heavy (non-hydrogen) atoms. The van der Waals surface area contributed by atoms with E-state index in [2.05, 4.69) is 0 Å². The fourth-order valence-electron chi connectivity index (χ4n) is 2.52. The lowest BCUT2D eigenvalue weighted by Crippen LogP contribution is -2.46. The summed E-state index contributed by atoms with van der Waals surface area (Å²) >= 11 is 0. The Morgan fingerprint density at radius 3 is 2.59 bits per heavy atom. The highest BCUT2D eigenvalue weighted by atomic mass is 16.7. The maximum atomic E-state index is 11.0. The molecule has 0 aromatic heterocycles. The Balaban J connectivity index is 1.89. The van der Waals surface area contributed by atoms with E-state index in [1.165, 1.54) is 0 Å². The van der Waals surface area contributed by atoms with Gasteiger partial charge in [0.1, 0.15) is 6.10 Å². The van der Waals surface area contributed by atoms with Gasteiger partial charge in [-0.15, -0.1) is 0 Å². The van der Waals surface area contributed by atoms with Crippen molar-refractivity contribution in [2.75, 3.05) is 6.61 Å². The first-order valence-corrected chi connectivity index (χ1v) is 6.14. The molecule has 1 N–H and O–H groups in total. The van der Waals surface area contributed by atoms with Crippen molar-refractivity contribution in [3.8, 4) is 0 Å². The summed E-state index contributed by atoms with van der Waals surface area (Å²) in [5.41, 5.74) is 0. The zero-order chi connectivity index (χ0) is 12.5. The molecule has 2 aliphatic heterocycles. The van der Waals surface area contributed by atoms with Gasteiger partial charge in [0.25, 0.3) is 0 Å². The van der Waals surface area contributed by atoms with Crippen molar-refractivity contribution in [1.29, 1.82) is 0 Å². The van der Waals surface area contributed by atoms with E-state index in [4.69, 9.17) is 14.2 Å². The van der Waals surface area contributed by atoms with E-state index < -0.39 is 5.79 Å². The van der Waals surface area contributed by atoms with Gasteiger partial charge in [0, 0.05) is 19.3 Å². The molecule has 0 spiro atoms. The van der Waals surface area contributed by atoms with Crippen LogP contribution < -0.4 is 0 Å². The number of cyclic esters (lactones) is 1. The standard InChI is InChI=1S/C12H20O5/c1-12(2)16-9(6-10(7-13)17-12)5-8-3-4-11(14)15-8/h8-10,13H,3-7H2,1-2H3/t8-,9+,10-/m1/s1. The molecule has 0 bridgehead atoms. The number of hydrogen-bond acceptors (Lipinski definition) is 5. The second kappa shape index (κ2) is 4.92. The van der Waals surface area contributed by atoms with Gasteiger partial charge in [-0.2, -0.15) is 0 Å². The van der Waals surface area contributed by atoms with Crippen LogP contribution in [0.2, 0.25) is 0 Å². The minimum absolute atomic E-state index is 0.00621. The monoisotopic (exact) mass is 244 g/mol. The summed E-state index contributed by atoms with van der Waals surface area (Å²) in [6.45, 7) is 3.67. The van der Waals surface area contributed by atoms with E-state index in [9.17, 15) is 9.90 Å². The highest BCUT2D eigenvalue weighted by Crippen LogP contribution is 2.31. The first-order chi connectivity index (χ1) is 7.98. The number of ether oxygens (including phenoxy) is 3. The summed E-state index contributed by atoms with van der Waals surface area (Å²) in [5.74, 6) is -0.807. The molecule has 0 amide bonds. The molecule has 0 aromatic rings. The highest BCUT2D eigenvalue weighted by Gasteiger charge is 2.37. The lowest BCUT2D eigenvalue weighted by atomic mass is 10.0. The summed E-state index contributed by atoms with van der Waals surface area (Å²) in [6, 6.07) is 0. The predicted octanol–water partition coefficient (Wildman–Crippen LogP) is 0.985. The maximum absolute atomic E-state index is 11.0. The van der Waals surface area contributed by atoms with E-state index in [1.807, 2.05) is 13.8 Å². The Bertz CT molecular complexity index is 289. The van der Waals surface area contributed by atoms with Crippen molar-refractivity contribution in [3.05, 3.63) is 0 Å². The molecule has 0 aliphatic carbocycles. The van der Waals surface area contributed by atoms with Gasteiger partial charge >= 0.3 is 5.97 Å². The third-order valence-electron chi connectivity index (χ3n) is 3.12. The number of carbonyl (C=O) groups is 1. The van der Waals surface area contributed by atoms with Crippen LogP contribution in [0.4, 0.5) is 0 Å². The van der Waals surface area contributed by atoms with Crippen LogP contribution in [0.3, 0.4) is 0 Å². The molecular weight excluding hydrogens is 224 g/mol. The van der Waals surface area contributed by atoms with Gasteiger partial charge in [-0.25, -0.2) is 0 Å². The minimum atomic E-state index is -0.682. The third-order valence-corrected chi connectivity index (χ3v) is 3.12. The lowest BCUT2D eigenvalue weighted by molar-refractivity contribution is -0.306. The summed E-state index contributed by atoms with van der Waals surface area (Å²) < 4.78 is 16.5. The lowest BCUT2D eigenvalue weighted by Gasteiger charge is -2.40. The number of rotatable bonds is 3. The summed E-state index contributed by atoms with van der Waals surface area (Å²) in [6.07, 6.45) is 2.35. The SMILES string of the molecule is CC1(C)O[C@@H](CO)C[C@H](C[C@H]2CCC(=O)O2)O1. The molecule has 2 fully saturated rings. The van der Waals surface area contributed by atoms with Gasteiger partial charge < -0.3 is 19.3 Å². The molecule has 0 unspecified atom stereocenters. The average Bonchev–Trinajstić information content (AvgIpc) is 2.61. The van der Waals surface area contributed by atoms with Crippen LogP contribution in [0.1, 0.15) is 39.5 Å². The molecule has 2 saturated heterocycles. The molecule has 5 nitrogen and oxygen atoms in total. The number of carbonyl (C=O) groups excluding carboxylic acids is 1. The Morgan fingerprint density at radius 2 is 2.00 bits per heavy atom. The molecule has 0 radical (unpaired) electrons. The van der Waals surface area contributed by atoms with Gasteiger partial charge in [-0.3, -0.25) is 4.79 Å². The molecule has 3 atom stereocenters. The van der Waals surface area contributed by atoms with Gasteiger partial charge in [0.15, 0.2) is 5.79 Å². The van der Waals surface area contributed by atoms with Gasteiger partial charge in [-0.05, 0) is 20.3 Å². The van der Waals surface area contributed by atoms with Crippen LogP contribution in [0.5, 0.6) is 0 Å². The third kappa shape index (κ3) is 3.40. The average molecular weight is 244 g/mol. The van der Waals surface area contributed by atoms with Crippen LogP contribution in [-0.2, 0) is 19.0 Å². The Labute approximate surface area is 101 Å². The highest BCUT2D eigenvalue weighted by molar-refractivity contribution is 5.71. The van der Waals surface area contributed by atoms with Crippen molar-refractivity contribution >= 4 is 5.97 Å². The molecule has 2 aliphatic rings. The normalized spacial score (nSPS) is 36.9. The van der Waals surface area contributed by atoms with Crippen molar-refractivity contribution in [3.63, 3.8) is 0 Å². The smallest absolute Gasteiger partial charge is 0.306 e. The van der Waals surface area contributed by atoms with E-state index in [0.717, 1.165) is 6.42 Å². The van der Waals surface area contributed by atoms with E-state index in [0.29, 0.717) is 19.3 Å². The molecular formula is C12H20O5. The first-order valence-electron chi connectivity index (χ1n) is 6.14. The number of aliphatic hydroxyl groups is 1. The predicted molar refractivity (Wildman–Crippen MR) is 59.3 cm³/mol. The fraction of sp³-hybridized carbons (Fsp3) is 0.917.